The molecular weight excluding hydrogens is 1060 g/mol. The third-order valence-corrected chi connectivity index (χ3v) is 16.1. The third kappa shape index (κ3) is 19.4. The molecule has 3 aliphatic rings. The molecule has 8 atom stereocenters. The SMILES string of the molecule is CC[C@H](C)[C@@H]([C@@H](CC(=O)N1CCC[C@H]1[C@H](OC)[C@@H](C)C(=O)C[C@@H](Cc1ccccc1)C(=O)Nc1ccc(CNC(=O)CCCCCN2C(=O)C=CC2=O)cc1)OC)N(C)C(=O)[C@@H](N=C(N(C)C)N1CCN(C(=O)OC(C)(C)C)CC1)C(C)C. The van der Waals surface area contributed by atoms with E-state index in [-0.39, 0.29) is 72.0 Å². The number of ether oxygens (including phenoxy) is 3. The minimum absolute atomic E-state index is 0.0114. The monoisotopic (exact) mass is 1150 g/mol. The van der Waals surface area contributed by atoms with Gasteiger partial charge in [-0.1, -0.05) is 89.9 Å². The van der Waals surface area contributed by atoms with E-state index in [4.69, 9.17) is 19.2 Å². The highest BCUT2D eigenvalue weighted by Gasteiger charge is 2.43. The van der Waals surface area contributed by atoms with Crippen LogP contribution in [0.5, 0.6) is 0 Å². The zero-order chi connectivity index (χ0) is 61.1. The van der Waals surface area contributed by atoms with Gasteiger partial charge in [-0.25, -0.2) is 9.79 Å². The van der Waals surface area contributed by atoms with Crippen molar-refractivity contribution in [2.45, 2.75) is 162 Å². The van der Waals surface area contributed by atoms with Crippen LogP contribution >= 0.6 is 0 Å². The number of unbranched alkanes of at least 4 members (excludes halogenated alkanes) is 2. The van der Waals surface area contributed by atoms with Crippen molar-refractivity contribution in [1.29, 1.82) is 0 Å². The molecule has 0 bridgehead atoms. The number of methoxy groups -OCH3 is 2. The number of hydrogen-bond acceptors (Lipinski definition) is 12. The van der Waals surface area contributed by atoms with Crippen molar-refractivity contribution >= 4 is 59.0 Å². The maximum atomic E-state index is 14.8. The van der Waals surface area contributed by atoms with Gasteiger partial charge in [-0.3, -0.25) is 38.5 Å². The number of Topliss-reactive ketones (excluding diaryl/α,β-unsaturated/α-hetero) is 1. The van der Waals surface area contributed by atoms with E-state index in [1.807, 2.05) is 103 Å². The average molecular weight is 1150 g/mol. The fraction of sp³-hybridized carbons (Fsp3) is 0.635. The number of nitrogens with one attached hydrogen (secondary N) is 2. The summed E-state index contributed by atoms with van der Waals surface area (Å²) in [5.74, 6) is -2.57. The predicted molar refractivity (Wildman–Crippen MR) is 320 cm³/mol. The first kappa shape index (κ1) is 67.1. The summed E-state index contributed by atoms with van der Waals surface area (Å²) in [6.07, 6.45) is 5.35. The maximum absolute atomic E-state index is 14.8. The molecule has 20 heteroatoms. The number of anilines is 1. The highest BCUT2D eigenvalue weighted by atomic mass is 16.6. The minimum Gasteiger partial charge on any atom is -0.444 e. The molecule has 2 saturated heterocycles. The molecule has 83 heavy (non-hydrogen) atoms. The Hall–Kier alpha value is -6.67. The van der Waals surface area contributed by atoms with Crippen LogP contribution in [0.25, 0.3) is 0 Å². The van der Waals surface area contributed by atoms with Gasteiger partial charge in [0.1, 0.15) is 17.4 Å². The molecule has 20 nitrogen and oxygen atoms in total. The van der Waals surface area contributed by atoms with Gasteiger partial charge in [0.15, 0.2) is 5.96 Å². The van der Waals surface area contributed by atoms with E-state index in [2.05, 4.69) is 29.4 Å². The zero-order valence-corrected chi connectivity index (χ0v) is 51.7. The van der Waals surface area contributed by atoms with Crippen molar-refractivity contribution in [3.05, 3.63) is 77.9 Å². The van der Waals surface area contributed by atoms with Crippen molar-refractivity contribution in [2.75, 3.05) is 79.9 Å². The van der Waals surface area contributed by atoms with Crippen LogP contribution in [0.4, 0.5) is 10.5 Å². The van der Waals surface area contributed by atoms with Gasteiger partial charge in [0.2, 0.25) is 23.6 Å². The van der Waals surface area contributed by atoms with Gasteiger partial charge in [0.25, 0.3) is 11.8 Å². The molecule has 2 aromatic carbocycles. The zero-order valence-electron chi connectivity index (χ0n) is 51.7. The Morgan fingerprint density at radius 2 is 1.42 bits per heavy atom. The Morgan fingerprint density at radius 3 is 2.00 bits per heavy atom. The van der Waals surface area contributed by atoms with E-state index in [0.29, 0.717) is 109 Å². The van der Waals surface area contributed by atoms with Crippen molar-refractivity contribution in [2.24, 2.45) is 28.7 Å². The van der Waals surface area contributed by atoms with Crippen LogP contribution in [0.1, 0.15) is 124 Å². The summed E-state index contributed by atoms with van der Waals surface area (Å²) >= 11 is 0. The topological polar surface area (TPSA) is 220 Å². The number of likely N-dealkylation sites (tertiary alicyclic amines) is 1. The van der Waals surface area contributed by atoms with Crippen molar-refractivity contribution in [3.63, 3.8) is 0 Å². The molecule has 2 aromatic rings. The molecule has 5 rings (SSSR count). The largest absolute Gasteiger partial charge is 0.444 e. The summed E-state index contributed by atoms with van der Waals surface area (Å²) < 4.78 is 17.9. The van der Waals surface area contributed by atoms with Crippen LogP contribution in [0.2, 0.25) is 0 Å². The van der Waals surface area contributed by atoms with Gasteiger partial charge in [-0.2, -0.15) is 0 Å². The van der Waals surface area contributed by atoms with Crippen molar-refractivity contribution in [1.82, 2.24) is 34.7 Å². The summed E-state index contributed by atoms with van der Waals surface area (Å²) in [5, 5.41) is 5.94. The lowest BCUT2D eigenvalue weighted by molar-refractivity contribution is -0.146. The van der Waals surface area contributed by atoms with Crippen LogP contribution in [0.15, 0.2) is 71.7 Å². The Balaban J connectivity index is 1.21. The number of aliphatic imine (C=N–C) groups is 1. The lowest BCUT2D eigenvalue weighted by Gasteiger charge is -2.41. The normalized spacial score (nSPS) is 18.3. The molecule has 0 spiro atoms. The van der Waals surface area contributed by atoms with Crippen LogP contribution in [0, 0.1) is 23.7 Å². The first-order valence-electron chi connectivity index (χ1n) is 29.7. The fourth-order valence-corrected chi connectivity index (χ4v) is 11.3. The molecule has 2 N–H and O–H groups in total. The van der Waals surface area contributed by atoms with Crippen molar-refractivity contribution < 1.29 is 52.6 Å². The number of nitrogens with zero attached hydrogens (tertiary/aromatic N) is 7. The first-order valence-corrected chi connectivity index (χ1v) is 29.7. The molecule has 0 radical (unpaired) electrons. The predicted octanol–water partition coefficient (Wildman–Crippen LogP) is 6.96. The second kappa shape index (κ2) is 31.8. The highest BCUT2D eigenvalue weighted by Crippen LogP contribution is 2.32. The Bertz CT molecular complexity index is 2540. The van der Waals surface area contributed by atoms with E-state index in [1.165, 1.54) is 17.1 Å². The molecule has 0 unspecified atom stereocenters. The summed E-state index contributed by atoms with van der Waals surface area (Å²) in [6.45, 7) is 18.4. The number of carbonyl (C=O) groups is 8. The molecule has 458 valence electrons. The van der Waals surface area contributed by atoms with Gasteiger partial charge >= 0.3 is 6.09 Å². The standard InChI is InChI=1S/C63H95N9O11/c1-14-43(4)57(68(11)60(79)56(42(2)3)66-61(67(9)10)69-34-36-70(37-35-69)62(80)83-63(6,7)8)51(81-12)40-55(77)71-33-21-24-49(71)58(82-13)44(5)50(73)39-47(38-45-22-17-15-18-23-45)59(78)65-48-28-26-46(27-29-48)41-64-52(74)25-19-16-20-32-72-53(75)30-31-54(72)76/h15,17-18,22-23,26-31,42-44,47,49,51,56-58H,14,16,19-21,24-25,32-41H2,1-13H3,(H,64,74)(H,65,78)/t43-,44-,47+,49-,51+,56-,57-,58+/m0/s1. The summed E-state index contributed by atoms with van der Waals surface area (Å²) in [6, 6.07) is 15.1. The molecule has 3 aliphatic heterocycles. The van der Waals surface area contributed by atoms with Gasteiger partial charge in [-0.05, 0) is 88.0 Å². The number of hydrogen-bond donors (Lipinski definition) is 2. The van der Waals surface area contributed by atoms with Gasteiger partial charge in [0.05, 0.1) is 30.7 Å². The average Bonchev–Trinajstić information content (AvgIpc) is 4.27. The number of piperazine rings is 1. The minimum atomic E-state index is -0.758. The summed E-state index contributed by atoms with van der Waals surface area (Å²) in [7, 11) is 8.69. The second-order valence-electron chi connectivity index (χ2n) is 24.0. The number of carbonyl (C=O) groups excluding carboxylic acids is 8. The number of imide groups is 1. The van der Waals surface area contributed by atoms with Crippen LogP contribution in [-0.4, -0.2) is 193 Å². The van der Waals surface area contributed by atoms with Gasteiger partial charge in [0, 0.05) is 124 Å². The van der Waals surface area contributed by atoms with E-state index in [0.717, 1.165) is 11.1 Å². The maximum Gasteiger partial charge on any atom is 0.410 e. The Morgan fingerprint density at radius 1 is 0.783 bits per heavy atom. The molecule has 3 heterocycles. The van der Waals surface area contributed by atoms with E-state index < -0.39 is 47.8 Å². The summed E-state index contributed by atoms with van der Waals surface area (Å²) in [4.78, 5) is 123. The number of amides is 7. The van der Waals surface area contributed by atoms with Crippen LogP contribution < -0.4 is 10.6 Å². The van der Waals surface area contributed by atoms with Crippen LogP contribution in [-0.2, 0) is 60.7 Å². The first-order chi connectivity index (χ1) is 39.4. The number of rotatable bonds is 28. The van der Waals surface area contributed by atoms with Gasteiger partial charge < -0.3 is 49.3 Å². The summed E-state index contributed by atoms with van der Waals surface area (Å²) in [5.41, 5.74) is 1.67. The smallest absolute Gasteiger partial charge is 0.410 e. The van der Waals surface area contributed by atoms with Gasteiger partial charge in [-0.15, -0.1) is 0 Å². The van der Waals surface area contributed by atoms with E-state index in [9.17, 15) is 38.4 Å². The van der Waals surface area contributed by atoms with Crippen LogP contribution in [0.3, 0.4) is 0 Å². The third-order valence-electron chi connectivity index (χ3n) is 16.1. The molecule has 0 saturated carbocycles. The molecule has 7 amide bonds. The lowest BCUT2D eigenvalue weighted by Crippen LogP contribution is -2.56. The fourth-order valence-electron chi connectivity index (χ4n) is 11.3. The molecule has 0 aromatic heterocycles. The molecule has 2 fully saturated rings. The Kier molecular flexibility index (Phi) is 25.7. The quantitative estimate of drug-likeness (QED) is 0.0382. The van der Waals surface area contributed by atoms with E-state index >= 15 is 0 Å². The van der Waals surface area contributed by atoms with Crippen molar-refractivity contribution in [3.8, 4) is 0 Å². The number of benzene rings is 2. The lowest BCUT2D eigenvalue weighted by atomic mass is 9.85. The highest BCUT2D eigenvalue weighted by molar-refractivity contribution is 6.12. The number of likely N-dealkylation sites (N-methyl/N-ethyl adjacent to an activating group) is 1. The number of guanidine groups is 1. The molecular formula is C63H95N9O11. The van der Waals surface area contributed by atoms with E-state index in [1.54, 1.807) is 48.1 Å². The number of ketones is 1. The molecule has 0 aliphatic carbocycles. The Labute approximate surface area is 493 Å². The second-order valence-corrected chi connectivity index (χ2v) is 24.0.